The van der Waals surface area contributed by atoms with E-state index in [-0.39, 0.29) is 23.6 Å². The summed E-state index contributed by atoms with van der Waals surface area (Å²) in [4.78, 5) is 23.5. The molecule has 0 saturated carbocycles. The van der Waals surface area contributed by atoms with E-state index in [1.807, 2.05) is 0 Å². The van der Waals surface area contributed by atoms with Crippen LogP contribution in [0, 0.1) is 0 Å². The molecule has 0 saturated heterocycles. The van der Waals surface area contributed by atoms with Crippen molar-refractivity contribution in [3.63, 3.8) is 0 Å². The molecule has 7 heteroatoms. The highest BCUT2D eigenvalue weighted by Crippen LogP contribution is 2.16. The third-order valence-corrected chi connectivity index (χ3v) is 3.31. The molecule has 0 fully saturated rings. The fourth-order valence-corrected chi connectivity index (χ4v) is 2.27. The van der Waals surface area contributed by atoms with E-state index in [9.17, 15) is 9.59 Å². The molecule has 1 amide bonds. The van der Waals surface area contributed by atoms with E-state index in [1.165, 1.54) is 17.0 Å². The monoisotopic (exact) mass is 351 g/mol. The number of nitrogens with two attached hydrogens (primary N) is 1. The fraction of sp³-hybridized carbons (Fsp3) is 0.143. The van der Waals surface area contributed by atoms with Gasteiger partial charge in [-0.15, -0.1) is 0 Å². The number of amides is 1. The lowest BCUT2D eigenvalue weighted by Gasteiger charge is -2.10. The summed E-state index contributed by atoms with van der Waals surface area (Å²) in [5, 5.41) is 2.74. The SMILES string of the molecule is COc1cccc(NC(=O)Cn2cc(N)c(=O)c(Br)c2)c1. The van der Waals surface area contributed by atoms with Crippen LogP contribution in [0.5, 0.6) is 5.75 Å². The Hall–Kier alpha value is -2.28. The van der Waals surface area contributed by atoms with E-state index in [1.54, 1.807) is 31.4 Å². The van der Waals surface area contributed by atoms with E-state index in [0.717, 1.165) is 0 Å². The lowest BCUT2D eigenvalue weighted by molar-refractivity contribution is -0.116. The Morgan fingerprint density at radius 2 is 2.19 bits per heavy atom. The summed E-state index contributed by atoms with van der Waals surface area (Å²) in [6.07, 6.45) is 2.95. The molecule has 0 spiro atoms. The average molecular weight is 352 g/mol. The number of carbonyl (C=O) groups is 1. The zero-order chi connectivity index (χ0) is 15.4. The van der Waals surface area contributed by atoms with Gasteiger partial charge in [0.25, 0.3) is 0 Å². The van der Waals surface area contributed by atoms with Crippen LogP contribution < -0.4 is 21.2 Å². The van der Waals surface area contributed by atoms with Crippen LogP contribution in [0.15, 0.2) is 45.9 Å². The Labute approximate surface area is 129 Å². The third kappa shape index (κ3) is 3.85. The number of methoxy groups -OCH3 is 1. The van der Waals surface area contributed by atoms with Crippen molar-refractivity contribution in [2.75, 3.05) is 18.2 Å². The number of halogens is 1. The Bertz CT molecular complexity index is 701. The van der Waals surface area contributed by atoms with Crippen LogP contribution in [0.25, 0.3) is 0 Å². The first-order valence-electron chi connectivity index (χ1n) is 6.08. The minimum absolute atomic E-state index is 0.0420. The second-order valence-corrected chi connectivity index (χ2v) is 5.20. The molecular formula is C14H14BrN3O3. The van der Waals surface area contributed by atoms with Crippen LogP contribution in [-0.4, -0.2) is 17.6 Å². The van der Waals surface area contributed by atoms with Gasteiger partial charge >= 0.3 is 0 Å². The number of hydrogen-bond acceptors (Lipinski definition) is 4. The molecular weight excluding hydrogens is 338 g/mol. The number of rotatable bonds is 4. The van der Waals surface area contributed by atoms with E-state index >= 15 is 0 Å². The predicted octanol–water partition coefficient (Wildman–Crippen LogP) is 1.84. The first-order chi connectivity index (χ1) is 9.99. The number of benzene rings is 1. The minimum atomic E-state index is -0.292. The van der Waals surface area contributed by atoms with Crippen molar-refractivity contribution in [1.29, 1.82) is 0 Å². The van der Waals surface area contributed by atoms with Gasteiger partial charge in [-0.25, -0.2) is 0 Å². The lowest BCUT2D eigenvalue weighted by Crippen LogP contribution is -2.21. The smallest absolute Gasteiger partial charge is 0.244 e. The summed E-state index contributed by atoms with van der Waals surface area (Å²) in [6, 6.07) is 7.04. The Balaban J connectivity index is 2.09. The molecule has 0 aliphatic rings. The highest BCUT2D eigenvalue weighted by atomic mass is 79.9. The first kappa shape index (κ1) is 15.1. The summed E-state index contributed by atoms with van der Waals surface area (Å²) >= 11 is 3.11. The van der Waals surface area contributed by atoms with Gasteiger partial charge in [-0.2, -0.15) is 0 Å². The highest BCUT2D eigenvalue weighted by Gasteiger charge is 2.07. The number of anilines is 2. The van der Waals surface area contributed by atoms with Gasteiger partial charge in [0.2, 0.25) is 11.3 Å². The molecule has 2 rings (SSSR count). The first-order valence-corrected chi connectivity index (χ1v) is 6.88. The van der Waals surface area contributed by atoms with Crippen LogP contribution in [0.4, 0.5) is 11.4 Å². The van der Waals surface area contributed by atoms with Crippen LogP contribution in [0.3, 0.4) is 0 Å². The molecule has 6 nitrogen and oxygen atoms in total. The Kier molecular flexibility index (Phi) is 4.64. The molecule has 0 radical (unpaired) electrons. The van der Waals surface area contributed by atoms with E-state index < -0.39 is 0 Å². The number of nitrogen functional groups attached to an aromatic ring is 1. The fourth-order valence-electron chi connectivity index (χ4n) is 1.78. The van der Waals surface area contributed by atoms with Crippen LogP contribution in [-0.2, 0) is 11.3 Å². The standard InChI is InChI=1S/C14H14BrN3O3/c1-21-10-4-2-3-9(5-10)17-13(19)8-18-6-11(15)14(20)12(16)7-18/h2-7H,8,16H2,1H3,(H,17,19). The van der Waals surface area contributed by atoms with E-state index in [2.05, 4.69) is 21.2 Å². The molecule has 0 aliphatic carbocycles. The largest absolute Gasteiger partial charge is 0.497 e. The van der Waals surface area contributed by atoms with Gasteiger partial charge in [0.1, 0.15) is 12.3 Å². The number of aromatic nitrogens is 1. The van der Waals surface area contributed by atoms with Crippen molar-refractivity contribution < 1.29 is 9.53 Å². The molecule has 1 aromatic heterocycles. The summed E-state index contributed by atoms with van der Waals surface area (Å²) in [5.74, 6) is 0.418. The van der Waals surface area contributed by atoms with Crippen molar-refractivity contribution in [3.05, 3.63) is 51.4 Å². The van der Waals surface area contributed by atoms with Crippen molar-refractivity contribution in [1.82, 2.24) is 4.57 Å². The topological polar surface area (TPSA) is 86.3 Å². The van der Waals surface area contributed by atoms with Gasteiger partial charge in [-0.3, -0.25) is 9.59 Å². The number of hydrogen-bond donors (Lipinski definition) is 2. The molecule has 0 aliphatic heterocycles. The van der Waals surface area contributed by atoms with Gasteiger partial charge in [0, 0.05) is 24.1 Å². The molecule has 0 unspecified atom stereocenters. The summed E-state index contributed by atoms with van der Waals surface area (Å²) in [6.45, 7) is 0.0420. The van der Waals surface area contributed by atoms with Crippen molar-refractivity contribution >= 4 is 33.2 Å². The third-order valence-electron chi connectivity index (χ3n) is 2.74. The van der Waals surface area contributed by atoms with Crippen LogP contribution >= 0.6 is 15.9 Å². The van der Waals surface area contributed by atoms with Gasteiger partial charge in [0.05, 0.1) is 17.3 Å². The second-order valence-electron chi connectivity index (χ2n) is 4.34. The Morgan fingerprint density at radius 3 is 2.86 bits per heavy atom. The number of carbonyl (C=O) groups excluding carboxylic acids is 1. The number of ether oxygens (including phenoxy) is 1. The maximum Gasteiger partial charge on any atom is 0.244 e. The van der Waals surface area contributed by atoms with Gasteiger partial charge in [0.15, 0.2) is 0 Å². The maximum atomic E-state index is 12.0. The van der Waals surface area contributed by atoms with Gasteiger partial charge < -0.3 is 20.4 Å². The maximum absolute atomic E-state index is 12.0. The normalized spacial score (nSPS) is 10.2. The molecule has 0 bridgehead atoms. The predicted molar refractivity (Wildman–Crippen MR) is 84.4 cm³/mol. The van der Waals surface area contributed by atoms with E-state index in [4.69, 9.17) is 10.5 Å². The van der Waals surface area contributed by atoms with Crippen molar-refractivity contribution in [2.24, 2.45) is 0 Å². The quantitative estimate of drug-likeness (QED) is 0.879. The molecule has 0 atom stereocenters. The molecule has 2 aromatic rings. The number of nitrogens with one attached hydrogen (secondary N) is 1. The van der Waals surface area contributed by atoms with Gasteiger partial charge in [-0.1, -0.05) is 6.07 Å². The highest BCUT2D eigenvalue weighted by molar-refractivity contribution is 9.10. The van der Waals surface area contributed by atoms with Crippen molar-refractivity contribution in [3.8, 4) is 5.75 Å². The minimum Gasteiger partial charge on any atom is -0.497 e. The molecule has 1 aromatic carbocycles. The molecule has 21 heavy (non-hydrogen) atoms. The lowest BCUT2D eigenvalue weighted by atomic mass is 10.3. The zero-order valence-corrected chi connectivity index (χ0v) is 12.9. The van der Waals surface area contributed by atoms with Crippen LogP contribution in [0.1, 0.15) is 0 Å². The molecule has 3 N–H and O–H groups in total. The average Bonchev–Trinajstić information content (AvgIpc) is 2.44. The second kappa shape index (κ2) is 6.45. The van der Waals surface area contributed by atoms with Crippen molar-refractivity contribution in [2.45, 2.75) is 6.54 Å². The molecule has 1 heterocycles. The van der Waals surface area contributed by atoms with Gasteiger partial charge in [-0.05, 0) is 28.1 Å². The number of nitrogens with zero attached hydrogens (tertiary/aromatic N) is 1. The number of pyridine rings is 1. The molecule has 110 valence electrons. The van der Waals surface area contributed by atoms with E-state index in [0.29, 0.717) is 15.9 Å². The summed E-state index contributed by atoms with van der Waals surface area (Å²) in [5.41, 5.74) is 6.00. The summed E-state index contributed by atoms with van der Waals surface area (Å²) in [7, 11) is 1.56. The Morgan fingerprint density at radius 1 is 1.43 bits per heavy atom. The summed E-state index contributed by atoms with van der Waals surface area (Å²) < 4.78 is 6.94. The van der Waals surface area contributed by atoms with Crippen LogP contribution in [0.2, 0.25) is 0 Å². The zero-order valence-electron chi connectivity index (χ0n) is 11.3.